The number of amides is 1. The van der Waals surface area contributed by atoms with Crippen molar-refractivity contribution in [2.45, 2.75) is 32.4 Å². The van der Waals surface area contributed by atoms with E-state index in [0.29, 0.717) is 19.6 Å². The van der Waals surface area contributed by atoms with Crippen LogP contribution in [0.4, 0.5) is 0 Å². The Morgan fingerprint density at radius 2 is 1.71 bits per heavy atom. The number of benzene rings is 2. The van der Waals surface area contributed by atoms with Gasteiger partial charge >= 0.3 is 0 Å². The van der Waals surface area contributed by atoms with Gasteiger partial charge in [0.2, 0.25) is 0 Å². The third kappa shape index (κ3) is 4.16. The van der Waals surface area contributed by atoms with Crippen LogP contribution >= 0.6 is 0 Å². The standard InChI is InChI=1S/C23H29N3O2/c1-23(2,16-24)22-25-19(14-17-10-6-4-7-11-17)21(27)26(22)20(15-28-3)18-12-8-5-9-13-18/h4-13,19-20H,14-16,24H2,1-3H3/t19-,20?/m1/s1. The lowest BCUT2D eigenvalue weighted by atomic mass is 9.90. The summed E-state index contributed by atoms with van der Waals surface area (Å²) in [6.45, 7) is 4.87. The topological polar surface area (TPSA) is 67.9 Å². The molecular weight excluding hydrogens is 350 g/mol. The molecule has 1 aliphatic heterocycles. The fourth-order valence-corrected chi connectivity index (χ4v) is 3.55. The predicted molar refractivity (Wildman–Crippen MR) is 112 cm³/mol. The van der Waals surface area contributed by atoms with E-state index in [-0.39, 0.29) is 11.9 Å². The van der Waals surface area contributed by atoms with Crippen molar-refractivity contribution in [2.24, 2.45) is 16.1 Å². The van der Waals surface area contributed by atoms with Gasteiger partial charge in [0.15, 0.2) is 0 Å². The fraction of sp³-hybridized carbons (Fsp3) is 0.391. The Morgan fingerprint density at radius 1 is 1.11 bits per heavy atom. The number of carbonyl (C=O) groups is 1. The molecule has 1 amide bonds. The van der Waals surface area contributed by atoms with Crippen LogP contribution in [0.3, 0.4) is 0 Å². The largest absolute Gasteiger partial charge is 0.382 e. The average molecular weight is 380 g/mol. The van der Waals surface area contributed by atoms with E-state index in [2.05, 4.69) is 0 Å². The normalized spacial score (nSPS) is 18.3. The average Bonchev–Trinajstić information content (AvgIpc) is 3.04. The maximum Gasteiger partial charge on any atom is 0.253 e. The van der Waals surface area contributed by atoms with E-state index in [1.165, 1.54) is 0 Å². The first kappa shape index (κ1) is 20.2. The summed E-state index contributed by atoms with van der Waals surface area (Å²) in [6.07, 6.45) is 0.578. The zero-order valence-electron chi connectivity index (χ0n) is 16.8. The summed E-state index contributed by atoms with van der Waals surface area (Å²) in [5.41, 5.74) is 7.76. The van der Waals surface area contributed by atoms with Crippen LogP contribution in [-0.4, -0.2) is 42.9 Å². The molecule has 0 spiro atoms. The second-order valence-corrected chi connectivity index (χ2v) is 7.84. The molecule has 0 aliphatic carbocycles. The lowest BCUT2D eigenvalue weighted by Crippen LogP contribution is -2.48. The first-order valence-corrected chi connectivity index (χ1v) is 9.67. The molecule has 1 heterocycles. The molecule has 2 atom stereocenters. The molecule has 2 aromatic carbocycles. The second kappa shape index (κ2) is 8.67. The van der Waals surface area contributed by atoms with Crippen LogP contribution in [0, 0.1) is 5.41 Å². The number of aliphatic imine (C=N–C) groups is 1. The molecule has 1 aliphatic rings. The summed E-state index contributed by atoms with van der Waals surface area (Å²) in [5, 5.41) is 0. The third-order valence-electron chi connectivity index (χ3n) is 5.24. The van der Waals surface area contributed by atoms with Crippen molar-refractivity contribution >= 4 is 11.7 Å². The highest BCUT2D eigenvalue weighted by Gasteiger charge is 2.44. The predicted octanol–water partition coefficient (Wildman–Crippen LogP) is 3.21. The monoisotopic (exact) mass is 379 g/mol. The molecule has 0 saturated heterocycles. The van der Waals surface area contributed by atoms with E-state index in [1.807, 2.05) is 79.4 Å². The number of hydrogen-bond acceptors (Lipinski definition) is 4. The smallest absolute Gasteiger partial charge is 0.253 e. The van der Waals surface area contributed by atoms with E-state index in [9.17, 15) is 4.79 Å². The summed E-state index contributed by atoms with van der Waals surface area (Å²) in [4.78, 5) is 20.2. The van der Waals surface area contributed by atoms with Crippen LogP contribution in [0.25, 0.3) is 0 Å². The van der Waals surface area contributed by atoms with Crippen LogP contribution in [0.1, 0.15) is 31.0 Å². The van der Waals surface area contributed by atoms with Gasteiger partial charge in [0.25, 0.3) is 5.91 Å². The molecule has 0 fully saturated rings. The van der Waals surface area contributed by atoms with Gasteiger partial charge in [0, 0.05) is 25.5 Å². The summed E-state index contributed by atoms with van der Waals surface area (Å²) in [6, 6.07) is 19.3. The van der Waals surface area contributed by atoms with Gasteiger partial charge in [-0.1, -0.05) is 74.5 Å². The van der Waals surface area contributed by atoms with Gasteiger partial charge in [-0.3, -0.25) is 14.7 Å². The molecule has 28 heavy (non-hydrogen) atoms. The van der Waals surface area contributed by atoms with Gasteiger partial charge in [-0.05, 0) is 11.1 Å². The Labute approximate surface area is 167 Å². The Morgan fingerprint density at radius 3 is 2.29 bits per heavy atom. The molecule has 5 heteroatoms. The van der Waals surface area contributed by atoms with E-state index in [4.69, 9.17) is 15.5 Å². The van der Waals surface area contributed by atoms with Gasteiger partial charge in [0.1, 0.15) is 11.9 Å². The van der Waals surface area contributed by atoms with Crippen molar-refractivity contribution in [3.63, 3.8) is 0 Å². The van der Waals surface area contributed by atoms with E-state index < -0.39 is 11.5 Å². The van der Waals surface area contributed by atoms with Crippen molar-refractivity contribution in [2.75, 3.05) is 20.3 Å². The van der Waals surface area contributed by atoms with Crippen molar-refractivity contribution in [3.8, 4) is 0 Å². The van der Waals surface area contributed by atoms with Crippen LogP contribution < -0.4 is 5.73 Å². The molecule has 2 aromatic rings. The number of nitrogens with zero attached hydrogens (tertiary/aromatic N) is 2. The highest BCUT2D eigenvalue weighted by Crippen LogP contribution is 2.34. The van der Waals surface area contributed by atoms with Crippen LogP contribution in [-0.2, 0) is 16.0 Å². The Bertz CT molecular complexity index is 818. The maximum absolute atomic E-state index is 13.5. The summed E-state index contributed by atoms with van der Waals surface area (Å²) in [7, 11) is 1.66. The Kier molecular flexibility index (Phi) is 6.27. The lowest BCUT2D eigenvalue weighted by molar-refractivity contribution is -0.130. The molecule has 2 N–H and O–H groups in total. The zero-order chi connectivity index (χ0) is 20.1. The minimum Gasteiger partial charge on any atom is -0.382 e. The van der Waals surface area contributed by atoms with E-state index in [1.54, 1.807) is 7.11 Å². The third-order valence-corrected chi connectivity index (χ3v) is 5.24. The van der Waals surface area contributed by atoms with E-state index in [0.717, 1.165) is 17.0 Å². The number of methoxy groups -OCH3 is 1. The second-order valence-electron chi connectivity index (χ2n) is 7.84. The molecule has 0 aromatic heterocycles. The summed E-state index contributed by atoms with van der Waals surface area (Å²) >= 11 is 0. The van der Waals surface area contributed by atoms with Crippen molar-refractivity contribution in [1.82, 2.24) is 4.90 Å². The van der Waals surface area contributed by atoms with Gasteiger partial charge < -0.3 is 10.5 Å². The van der Waals surface area contributed by atoms with Crippen molar-refractivity contribution in [3.05, 3.63) is 71.8 Å². The first-order chi connectivity index (χ1) is 13.5. The fourth-order valence-electron chi connectivity index (χ4n) is 3.55. The molecule has 0 bridgehead atoms. The summed E-state index contributed by atoms with van der Waals surface area (Å²) in [5.74, 6) is 0.748. The first-order valence-electron chi connectivity index (χ1n) is 9.67. The highest BCUT2D eigenvalue weighted by atomic mass is 16.5. The van der Waals surface area contributed by atoms with E-state index >= 15 is 0 Å². The van der Waals surface area contributed by atoms with Crippen molar-refractivity contribution in [1.29, 1.82) is 0 Å². The molecule has 5 nitrogen and oxygen atoms in total. The Balaban J connectivity index is 1.99. The van der Waals surface area contributed by atoms with Crippen LogP contribution in [0.2, 0.25) is 0 Å². The molecule has 3 rings (SSSR count). The number of amidine groups is 1. The minimum absolute atomic E-state index is 0.00582. The molecule has 0 radical (unpaired) electrons. The number of rotatable bonds is 8. The Hall–Kier alpha value is -2.50. The van der Waals surface area contributed by atoms with Gasteiger partial charge in [0.05, 0.1) is 12.6 Å². The minimum atomic E-state index is -0.439. The van der Waals surface area contributed by atoms with Gasteiger partial charge in [-0.2, -0.15) is 0 Å². The molecule has 0 saturated carbocycles. The van der Waals surface area contributed by atoms with Crippen LogP contribution in [0.5, 0.6) is 0 Å². The molecule has 148 valence electrons. The molecular formula is C23H29N3O2. The van der Waals surface area contributed by atoms with Crippen molar-refractivity contribution < 1.29 is 9.53 Å². The number of carbonyl (C=O) groups excluding carboxylic acids is 1. The number of ether oxygens (including phenoxy) is 1. The van der Waals surface area contributed by atoms with Gasteiger partial charge in [-0.25, -0.2) is 0 Å². The lowest BCUT2D eigenvalue weighted by Gasteiger charge is -2.35. The maximum atomic E-state index is 13.5. The number of nitrogens with two attached hydrogens (primary N) is 1. The zero-order valence-corrected chi connectivity index (χ0v) is 16.8. The quantitative estimate of drug-likeness (QED) is 0.766. The van der Waals surface area contributed by atoms with Crippen LogP contribution in [0.15, 0.2) is 65.7 Å². The number of hydrogen-bond donors (Lipinski definition) is 1. The summed E-state index contributed by atoms with van der Waals surface area (Å²) < 4.78 is 5.49. The van der Waals surface area contributed by atoms with Gasteiger partial charge in [-0.15, -0.1) is 0 Å². The SMILES string of the molecule is COCC(c1ccccc1)N1C(=O)[C@@H](Cc2ccccc2)N=C1C(C)(C)CN. The molecule has 1 unspecified atom stereocenters. The highest BCUT2D eigenvalue weighted by molar-refractivity contribution is 6.08.